The lowest BCUT2D eigenvalue weighted by Gasteiger charge is -2.23. The predicted octanol–water partition coefficient (Wildman–Crippen LogP) is -0.824. The van der Waals surface area contributed by atoms with Crippen LogP contribution in [0.2, 0.25) is 0 Å². The monoisotopic (exact) mass is 270 g/mol. The van der Waals surface area contributed by atoms with E-state index in [2.05, 4.69) is 0 Å². The predicted molar refractivity (Wildman–Crippen MR) is 65.1 cm³/mol. The van der Waals surface area contributed by atoms with Gasteiger partial charge in [-0.15, -0.1) is 0 Å². The van der Waals surface area contributed by atoms with Crippen molar-refractivity contribution in [3.05, 3.63) is 35.9 Å². The summed E-state index contributed by atoms with van der Waals surface area (Å²) in [5, 5.41) is 38.1. The average molecular weight is 270 g/mol. The molecule has 106 valence electrons. The van der Waals surface area contributed by atoms with Crippen molar-refractivity contribution in [3.8, 4) is 0 Å². The summed E-state index contributed by atoms with van der Waals surface area (Å²) < 4.78 is 10.9. The van der Waals surface area contributed by atoms with Crippen LogP contribution in [0.25, 0.3) is 0 Å². The van der Waals surface area contributed by atoms with Crippen LogP contribution in [0, 0.1) is 0 Å². The largest absolute Gasteiger partial charge is 0.394 e. The Morgan fingerprint density at radius 1 is 0.842 bits per heavy atom. The topological polar surface area (TPSA) is 99.4 Å². The molecule has 2 rings (SSSR count). The standard InChI is InChI=1S/C13H18O6/c14-6-9-11(16)12(17)10(7-15)19-13(18-9)8-4-2-1-3-5-8/h1-5,9-17H,6-7H2/t9-,10+,11-,12-,13?/m0/s1. The summed E-state index contributed by atoms with van der Waals surface area (Å²) >= 11 is 0. The molecule has 6 nitrogen and oxygen atoms in total. The fraction of sp³-hybridized carbons (Fsp3) is 0.538. The van der Waals surface area contributed by atoms with Crippen LogP contribution in [0.5, 0.6) is 0 Å². The Labute approximate surface area is 110 Å². The molecule has 6 heteroatoms. The highest BCUT2D eigenvalue weighted by Crippen LogP contribution is 2.29. The van der Waals surface area contributed by atoms with E-state index >= 15 is 0 Å². The Morgan fingerprint density at radius 3 is 1.74 bits per heavy atom. The van der Waals surface area contributed by atoms with Gasteiger partial charge in [0.1, 0.15) is 24.4 Å². The van der Waals surface area contributed by atoms with E-state index in [0.29, 0.717) is 5.56 Å². The van der Waals surface area contributed by atoms with E-state index in [1.165, 1.54) is 0 Å². The highest BCUT2D eigenvalue weighted by Gasteiger charge is 2.40. The molecular weight excluding hydrogens is 252 g/mol. The first-order chi connectivity index (χ1) is 9.17. The highest BCUT2D eigenvalue weighted by atomic mass is 16.7. The molecule has 1 aliphatic heterocycles. The minimum Gasteiger partial charge on any atom is -0.394 e. The lowest BCUT2D eigenvalue weighted by atomic mass is 10.0. The van der Waals surface area contributed by atoms with Crippen LogP contribution in [0.15, 0.2) is 30.3 Å². The van der Waals surface area contributed by atoms with Gasteiger partial charge in [0.15, 0.2) is 6.29 Å². The molecule has 19 heavy (non-hydrogen) atoms. The third kappa shape index (κ3) is 3.11. The van der Waals surface area contributed by atoms with Crippen LogP contribution >= 0.6 is 0 Å². The summed E-state index contributed by atoms with van der Waals surface area (Å²) in [6.07, 6.45) is -5.46. The van der Waals surface area contributed by atoms with E-state index in [0.717, 1.165) is 0 Å². The van der Waals surface area contributed by atoms with E-state index in [9.17, 15) is 20.4 Å². The van der Waals surface area contributed by atoms with Gasteiger partial charge in [-0.1, -0.05) is 30.3 Å². The number of benzene rings is 1. The number of rotatable bonds is 3. The van der Waals surface area contributed by atoms with Gasteiger partial charge in [-0.3, -0.25) is 0 Å². The SMILES string of the molecule is OC[C@@H]1OC(c2ccccc2)O[C@H](CO)[C@H](O)[C@H]1O. The maximum Gasteiger partial charge on any atom is 0.184 e. The maximum atomic E-state index is 9.86. The van der Waals surface area contributed by atoms with Gasteiger partial charge in [-0.05, 0) is 0 Å². The maximum absolute atomic E-state index is 9.86. The van der Waals surface area contributed by atoms with Crippen molar-refractivity contribution in [2.45, 2.75) is 30.7 Å². The number of ether oxygens (including phenoxy) is 2. The van der Waals surface area contributed by atoms with Crippen LogP contribution in [-0.2, 0) is 9.47 Å². The minimum absolute atomic E-state index is 0.455. The van der Waals surface area contributed by atoms with E-state index in [1.54, 1.807) is 24.3 Å². The van der Waals surface area contributed by atoms with Crippen molar-refractivity contribution in [3.63, 3.8) is 0 Å². The Kier molecular flexibility index (Phi) is 4.87. The molecular formula is C13H18O6. The zero-order valence-electron chi connectivity index (χ0n) is 10.3. The van der Waals surface area contributed by atoms with Gasteiger partial charge in [0, 0.05) is 5.56 Å². The number of hydrogen-bond acceptors (Lipinski definition) is 6. The van der Waals surface area contributed by atoms with Gasteiger partial charge in [0.05, 0.1) is 13.2 Å². The average Bonchev–Trinajstić information content (AvgIpc) is 2.58. The second-order valence-corrected chi connectivity index (χ2v) is 4.44. The van der Waals surface area contributed by atoms with Crippen LogP contribution < -0.4 is 0 Å². The molecule has 0 saturated carbocycles. The van der Waals surface area contributed by atoms with Gasteiger partial charge >= 0.3 is 0 Å². The molecule has 1 fully saturated rings. The molecule has 1 saturated heterocycles. The van der Waals surface area contributed by atoms with Gasteiger partial charge in [0.25, 0.3) is 0 Å². The second kappa shape index (κ2) is 6.42. The summed E-state index contributed by atoms with van der Waals surface area (Å²) in [5.41, 5.74) is 0.681. The molecule has 1 aromatic rings. The molecule has 0 aliphatic carbocycles. The number of hydrogen-bond donors (Lipinski definition) is 4. The molecule has 0 bridgehead atoms. The van der Waals surface area contributed by atoms with Crippen molar-refractivity contribution in [1.82, 2.24) is 0 Å². The van der Waals surface area contributed by atoms with E-state index in [4.69, 9.17) is 9.47 Å². The molecule has 1 unspecified atom stereocenters. The van der Waals surface area contributed by atoms with Crippen LogP contribution in [-0.4, -0.2) is 58.1 Å². The molecule has 0 amide bonds. The summed E-state index contributed by atoms with van der Waals surface area (Å²) in [6.45, 7) is -0.911. The first-order valence-corrected chi connectivity index (χ1v) is 6.11. The fourth-order valence-electron chi connectivity index (χ4n) is 2.02. The van der Waals surface area contributed by atoms with Crippen molar-refractivity contribution in [2.75, 3.05) is 13.2 Å². The number of aliphatic hydroxyl groups excluding tert-OH is 4. The van der Waals surface area contributed by atoms with Gasteiger partial charge in [0.2, 0.25) is 0 Å². The lowest BCUT2D eigenvalue weighted by Crippen LogP contribution is -2.45. The minimum atomic E-state index is -1.32. The summed E-state index contributed by atoms with van der Waals surface area (Å²) in [4.78, 5) is 0. The highest BCUT2D eigenvalue weighted by molar-refractivity contribution is 5.16. The van der Waals surface area contributed by atoms with Crippen LogP contribution in [0.3, 0.4) is 0 Å². The number of aliphatic hydroxyl groups is 4. The summed E-state index contributed by atoms with van der Waals surface area (Å²) in [6, 6.07) is 8.94. The third-order valence-corrected chi connectivity index (χ3v) is 3.14. The first-order valence-electron chi connectivity index (χ1n) is 6.11. The van der Waals surface area contributed by atoms with Gasteiger partial charge < -0.3 is 29.9 Å². The smallest absolute Gasteiger partial charge is 0.184 e. The van der Waals surface area contributed by atoms with Crippen LogP contribution in [0.1, 0.15) is 11.9 Å². The normalized spacial score (nSPS) is 35.9. The van der Waals surface area contributed by atoms with Crippen molar-refractivity contribution in [1.29, 1.82) is 0 Å². The molecule has 1 aliphatic rings. The molecule has 5 atom stereocenters. The van der Waals surface area contributed by atoms with Crippen molar-refractivity contribution in [2.24, 2.45) is 0 Å². The molecule has 1 heterocycles. The molecule has 0 spiro atoms. The van der Waals surface area contributed by atoms with E-state index in [-0.39, 0.29) is 0 Å². The van der Waals surface area contributed by atoms with E-state index < -0.39 is 43.9 Å². The summed E-state index contributed by atoms with van der Waals surface area (Å²) in [5.74, 6) is 0. The lowest BCUT2D eigenvalue weighted by molar-refractivity contribution is -0.199. The second-order valence-electron chi connectivity index (χ2n) is 4.44. The quantitative estimate of drug-likeness (QED) is 0.572. The van der Waals surface area contributed by atoms with E-state index in [1.807, 2.05) is 6.07 Å². The van der Waals surface area contributed by atoms with Gasteiger partial charge in [-0.2, -0.15) is 0 Å². The van der Waals surface area contributed by atoms with Crippen molar-refractivity contribution < 1.29 is 29.9 Å². The third-order valence-electron chi connectivity index (χ3n) is 3.14. The molecule has 0 radical (unpaired) electrons. The van der Waals surface area contributed by atoms with Crippen LogP contribution in [0.4, 0.5) is 0 Å². The molecule has 1 aromatic carbocycles. The fourth-order valence-corrected chi connectivity index (χ4v) is 2.02. The Bertz CT molecular complexity index is 366. The summed E-state index contributed by atoms with van der Waals surface area (Å²) in [7, 11) is 0. The zero-order valence-corrected chi connectivity index (χ0v) is 10.3. The zero-order chi connectivity index (χ0) is 13.8. The molecule has 4 N–H and O–H groups in total. The van der Waals surface area contributed by atoms with Gasteiger partial charge in [-0.25, -0.2) is 0 Å². The van der Waals surface area contributed by atoms with Crippen molar-refractivity contribution >= 4 is 0 Å². The Balaban J connectivity index is 2.24. The Morgan fingerprint density at radius 2 is 1.32 bits per heavy atom. The molecule has 0 aromatic heterocycles. The first kappa shape index (κ1) is 14.4. The Hall–Kier alpha value is -1.02.